The minimum Gasteiger partial charge on any atom is -0.462 e. The SMILES string of the molecule is CC/C=C\C/C=C\C/C=C\C/C=C\C/C=C\C/C=C\C/C=C\C/C=C\C/C=C\C/C=C\C/C=C\CCCCCC(=O)OC(COC(=O)CCCCCCCC/C=C\C/C=C\C/C=C\C/C=C\C/C=C\C/C=C\CC)COP(=O)(O)OCCN. The Kier molecular flexibility index (Phi) is 61.5. The molecule has 3 N–H and O–H groups in total. The van der Waals surface area contributed by atoms with Crippen LogP contribution in [0.5, 0.6) is 0 Å². The first-order valence-electron chi connectivity index (χ1n) is 31.6. The molecule has 0 aliphatic rings. The summed E-state index contributed by atoms with van der Waals surface area (Å²) in [6.07, 6.45) is 102. The second-order valence-electron chi connectivity index (χ2n) is 19.8. The van der Waals surface area contributed by atoms with E-state index >= 15 is 0 Å². The van der Waals surface area contributed by atoms with E-state index in [-0.39, 0.29) is 32.6 Å². The molecule has 0 radical (unpaired) electrons. The Morgan fingerprint density at radius 2 is 0.627 bits per heavy atom. The molecule has 0 heterocycles. The largest absolute Gasteiger partial charge is 0.472 e. The maximum atomic E-state index is 12.7. The number of nitrogens with two attached hydrogens (primary N) is 1. The predicted octanol–water partition coefficient (Wildman–Crippen LogP) is 20.7. The van der Waals surface area contributed by atoms with Crippen molar-refractivity contribution in [2.45, 2.75) is 213 Å². The summed E-state index contributed by atoms with van der Waals surface area (Å²) in [6.45, 7) is 3.42. The van der Waals surface area contributed by atoms with Crippen LogP contribution in [0.2, 0.25) is 0 Å². The molecule has 2 unspecified atom stereocenters. The summed E-state index contributed by atoms with van der Waals surface area (Å²) in [7, 11) is -4.42. The molecule has 9 nitrogen and oxygen atoms in total. The first kappa shape index (κ1) is 77.6. The third-order valence-corrected chi connectivity index (χ3v) is 13.1. The van der Waals surface area contributed by atoms with E-state index in [1.165, 1.54) is 0 Å². The van der Waals surface area contributed by atoms with Crippen LogP contribution in [0.4, 0.5) is 0 Å². The minimum absolute atomic E-state index is 0.0330. The Hall–Kier alpha value is -5.41. The number of phosphoric acid groups is 1. The van der Waals surface area contributed by atoms with E-state index in [9.17, 15) is 19.0 Å². The Bertz CT molecular complexity index is 2110. The molecule has 0 saturated heterocycles. The van der Waals surface area contributed by atoms with Gasteiger partial charge in [-0.25, -0.2) is 4.57 Å². The summed E-state index contributed by atoms with van der Waals surface area (Å²) < 4.78 is 33.0. The summed E-state index contributed by atoms with van der Waals surface area (Å²) in [4.78, 5) is 35.3. The van der Waals surface area contributed by atoms with Crippen LogP contribution in [0.15, 0.2) is 207 Å². The van der Waals surface area contributed by atoms with Crippen molar-refractivity contribution >= 4 is 19.8 Å². The summed E-state index contributed by atoms with van der Waals surface area (Å²) in [5.41, 5.74) is 5.38. The molecule has 0 aliphatic carbocycles. The van der Waals surface area contributed by atoms with Gasteiger partial charge < -0.3 is 20.1 Å². The van der Waals surface area contributed by atoms with Crippen LogP contribution >= 0.6 is 7.82 Å². The predicted molar refractivity (Wildman–Crippen MR) is 357 cm³/mol. The third kappa shape index (κ3) is 65.6. The summed E-state index contributed by atoms with van der Waals surface area (Å²) >= 11 is 0. The number of ether oxygens (including phenoxy) is 2. The fourth-order valence-corrected chi connectivity index (χ4v) is 8.35. The van der Waals surface area contributed by atoms with Gasteiger partial charge in [-0.15, -0.1) is 0 Å². The van der Waals surface area contributed by atoms with Crippen molar-refractivity contribution in [1.29, 1.82) is 0 Å². The van der Waals surface area contributed by atoms with E-state index in [4.69, 9.17) is 24.3 Å². The van der Waals surface area contributed by atoms with E-state index in [0.29, 0.717) is 12.8 Å². The first-order chi connectivity index (χ1) is 40.8. The molecule has 0 saturated carbocycles. The first-order valence-corrected chi connectivity index (χ1v) is 33.1. The summed E-state index contributed by atoms with van der Waals surface area (Å²) in [5, 5.41) is 0. The van der Waals surface area contributed by atoms with E-state index in [1.807, 2.05) is 0 Å². The summed E-state index contributed by atoms with van der Waals surface area (Å²) in [6, 6.07) is 0. The van der Waals surface area contributed by atoms with E-state index < -0.39 is 32.5 Å². The van der Waals surface area contributed by atoms with Gasteiger partial charge in [0.05, 0.1) is 13.2 Å². The zero-order chi connectivity index (χ0) is 60.1. The van der Waals surface area contributed by atoms with Crippen LogP contribution in [0.1, 0.15) is 206 Å². The van der Waals surface area contributed by atoms with E-state index in [0.717, 1.165) is 167 Å². The molecule has 0 fully saturated rings. The smallest absolute Gasteiger partial charge is 0.462 e. The van der Waals surface area contributed by atoms with Crippen molar-refractivity contribution in [3.8, 4) is 0 Å². The molecular weight excluding hydrogens is 1050 g/mol. The van der Waals surface area contributed by atoms with Crippen LogP contribution in [0.25, 0.3) is 0 Å². The molecule has 0 bridgehead atoms. The van der Waals surface area contributed by atoms with Crippen molar-refractivity contribution in [1.82, 2.24) is 0 Å². The maximum absolute atomic E-state index is 12.7. The van der Waals surface area contributed by atoms with Crippen LogP contribution in [-0.4, -0.2) is 49.3 Å². The van der Waals surface area contributed by atoms with Gasteiger partial charge in [0.1, 0.15) is 6.61 Å². The van der Waals surface area contributed by atoms with Crippen LogP contribution in [0, 0.1) is 0 Å². The molecule has 2 atom stereocenters. The van der Waals surface area contributed by atoms with Crippen LogP contribution in [-0.2, 0) is 32.7 Å². The highest BCUT2D eigenvalue weighted by atomic mass is 31.2. The molecule has 0 spiro atoms. The van der Waals surface area contributed by atoms with Gasteiger partial charge in [0.15, 0.2) is 6.10 Å². The Labute approximate surface area is 506 Å². The monoisotopic (exact) mass is 1160 g/mol. The molecule has 0 rings (SSSR count). The van der Waals surface area contributed by atoms with Gasteiger partial charge in [-0.05, 0) is 148 Å². The molecule has 0 aromatic heterocycles. The highest BCUT2D eigenvalue weighted by Crippen LogP contribution is 2.43. The van der Waals surface area contributed by atoms with Gasteiger partial charge in [-0.2, -0.15) is 0 Å². The van der Waals surface area contributed by atoms with Gasteiger partial charge in [0.25, 0.3) is 0 Å². The maximum Gasteiger partial charge on any atom is 0.472 e. The van der Waals surface area contributed by atoms with Gasteiger partial charge in [0.2, 0.25) is 0 Å². The molecule has 10 heteroatoms. The van der Waals surface area contributed by atoms with Crippen molar-refractivity contribution in [3.05, 3.63) is 207 Å². The minimum atomic E-state index is -4.42. The highest BCUT2D eigenvalue weighted by Gasteiger charge is 2.26. The summed E-state index contributed by atoms with van der Waals surface area (Å²) in [5.74, 6) is -0.903. The van der Waals surface area contributed by atoms with Gasteiger partial charge >= 0.3 is 19.8 Å². The van der Waals surface area contributed by atoms with Crippen molar-refractivity contribution < 1.29 is 37.6 Å². The Balaban J connectivity index is 4.14. The molecule has 0 aromatic carbocycles. The number of hydrogen-bond donors (Lipinski definition) is 2. The van der Waals surface area contributed by atoms with E-state index in [2.05, 4.69) is 220 Å². The second-order valence-corrected chi connectivity index (χ2v) is 21.3. The van der Waals surface area contributed by atoms with Crippen molar-refractivity contribution in [2.24, 2.45) is 5.73 Å². The van der Waals surface area contributed by atoms with Gasteiger partial charge in [0, 0.05) is 19.4 Å². The lowest BCUT2D eigenvalue weighted by Crippen LogP contribution is -2.29. The lowest BCUT2D eigenvalue weighted by molar-refractivity contribution is -0.161. The topological polar surface area (TPSA) is 134 Å². The molecule has 0 aromatic rings. The number of hydrogen-bond acceptors (Lipinski definition) is 8. The highest BCUT2D eigenvalue weighted by molar-refractivity contribution is 7.47. The molecule has 0 amide bonds. The lowest BCUT2D eigenvalue weighted by Gasteiger charge is -2.19. The Morgan fingerprint density at radius 1 is 0.361 bits per heavy atom. The van der Waals surface area contributed by atoms with Crippen molar-refractivity contribution in [2.75, 3.05) is 26.4 Å². The second kappa shape index (κ2) is 65.7. The van der Waals surface area contributed by atoms with Gasteiger partial charge in [-0.3, -0.25) is 18.6 Å². The molecule has 462 valence electrons. The number of rotatable bonds is 56. The number of carbonyl (C=O) groups is 2. The van der Waals surface area contributed by atoms with Crippen molar-refractivity contribution in [3.63, 3.8) is 0 Å². The lowest BCUT2D eigenvalue weighted by atomic mass is 10.1. The fourth-order valence-electron chi connectivity index (χ4n) is 7.58. The molecule has 83 heavy (non-hydrogen) atoms. The van der Waals surface area contributed by atoms with Crippen LogP contribution in [0.3, 0.4) is 0 Å². The number of esters is 2. The quantitative estimate of drug-likeness (QED) is 0.0264. The molecular formula is C73H112NO8P. The standard InChI is InChI=1S/C73H112NO8P/c1-3-5-7-9-11-13-15-17-19-21-23-25-27-29-30-31-32-33-34-35-36-37-38-39-40-42-44-46-48-50-52-54-56-58-60-62-64-66-73(76)82-71(70-81-83(77,78)80-68-67-74)69-79-72(75)65-63-61-59-57-55-53-51-49-47-45-43-41-28-26-24-22-20-18-16-14-12-10-8-6-4-2/h5-8,11-14,17-20,23-26,29-30,32-33,35-36,38-39,41-44,47-50,54,56,71H,3-4,9-10,15-16,21-22,27-28,31,34,37,40,45-46,51-53,55,57-70,74H2,1-2H3,(H,77,78)/b7-5-,8-6-,13-11-,14-12-,19-17-,20-18-,25-23-,26-24-,30-29-,33-32-,36-35-,39-38-,43-41-,44-42-,49-47-,50-48-,56-54-. The third-order valence-electron chi connectivity index (χ3n) is 12.2. The van der Waals surface area contributed by atoms with Gasteiger partial charge in [-0.1, -0.05) is 253 Å². The average molecular weight is 1160 g/mol. The normalized spacial score (nSPS) is 14.4. The number of unbranched alkanes of at least 4 members (excludes halogenated alkanes) is 9. The Morgan fingerprint density at radius 3 is 0.940 bits per heavy atom. The number of carbonyl (C=O) groups excluding carboxylic acids is 2. The van der Waals surface area contributed by atoms with E-state index in [1.54, 1.807) is 0 Å². The zero-order valence-corrected chi connectivity index (χ0v) is 52.5. The number of phosphoric ester groups is 1. The fraction of sp³-hybridized carbons (Fsp3) is 0.507. The zero-order valence-electron chi connectivity index (χ0n) is 51.6. The number of allylic oxidation sites excluding steroid dienone is 34. The van der Waals surface area contributed by atoms with Crippen LogP contribution < -0.4 is 5.73 Å². The molecule has 0 aliphatic heterocycles. The average Bonchev–Trinajstić information content (AvgIpc) is 3.49.